The molecule has 0 saturated carbocycles. The number of rotatable bonds is 5. The van der Waals surface area contributed by atoms with Crippen molar-refractivity contribution < 1.29 is 4.79 Å². The second-order valence-corrected chi connectivity index (χ2v) is 2.65. The zero-order valence-corrected chi connectivity index (χ0v) is 9.47. The van der Waals surface area contributed by atoms with Crippen molar-refractivity contribution >= 4 is 5.91 Å². The van der Waals surface area contributed by atoms with Crippen molar-refractivity contribution in [2.45, 2.75) is 40.5 Å². The highest BCUT2D eigenvalue weighted by molar-refractivity contribution is 5.73. The number of amides is 1. The van der Waals surface area contributed by atoms with E-state index in [1.807, 2.05) is 13.8 Å². The fourth-order valence-electron chi connectivity index (χ4n) is 0.932. The Morgan fingerprint density at radius 1 is 1.31 bits per heavy atom. The van der Waals surface area contributed by atoms with Crippen LogP contribution in [0.2, 0.25) is 0 Å². The van der Waals surface area contributed by atoms with Crippen molar-refractivity contribution in [1.29, 1.82) is 0 Å². The second-order valence-electron chi connectivity index (χ2n) is 2.65. The van der Waals surface area contributed by atoms with Gasteiger partial charge < -0.3 is 10.6 Å². The Bertz CT molecular complexity index is 115. The smallest absolute Gasteiger partial charge is 0.219 e. The van der Waals surface area contributed by atoms with Crippen molar-refractivity contribution in [2.24, 2.45) is 5.73 Å². The molecule has 80 valence electrons. The molecule has 2 N–H and O–H groups in total. The minimum atomic E-state index is 0.129. The Labute approximate surface area is 82.3 Å². The van der Waals surface area contributed by atoms with Gasteiger partial charge in [0.05, 0.1) is 0 Å². The third-order valence-corrected chi connectivity index (χ3v) is 1.63. The Morgan fingerprint density at radius 2 is 1.85 bits per heavy atom. The Balaban J connectivity index is 0. The number of hydrogen-bond acceptors (Lipinski definition) is 2. The van der Waals surface area contributed by atoms with Gasteiger partial charge in [-0.25, -0.2) is 0 Å². The SMILES string of the molecule is CC.CCCCN(CCN)C(C)=O. The van der Waals surface area contributed by atoms with Crippen LogP contribution in [0.1, 0.15) is 40.5 Å². The van der Waals surface area contributed by atoms with Crippen molar-refractivity contribution in [3.05, 3.63) is 0 Å². The van der Waals surface area contributed by atoms with Gasteiger partial charge in [-0.15, -0.1) is 0 Å². The number of nitrogens with zero attached hydrogens (tertiary/aromatic N) is 1. The van der Waals surface area contributed by atoms with Crippen LogP contribution in [0.15, 0.2) is 0 Å². The van der Waals surface area contributed by atoms with Crippen molar-refractivity contribution in [3.8, 4) is 0 Å². The second kappa shape index (κ2) is 11.4. The molecule has 0 aliphatic carbocycles. The topological polar surface area (TPSA) is 46.3 Å². The molecule has 0 aliphatic heterocycles. The Morgan fingerprint density at radius 3 is 2.15 bits per heavy atom. The minimum Gasteiger partial charge on any atom is -0.342 e. The molecule has 13 heavy (non-hydrogen) atoms. The largest absolute Gasteiger partial charge is 0.342 e. The molecule has 0 rings (SSSR count). The van der Waals surface area contributed by atoms with E-state index < -0.39 is 0 Å². The standard InChI is InChI=1S/C8H18N2O.C2H6/c1-3-4-6-10(7-5-9)8(2)11;1-2/h3-7,9H2,1-2H3;1-2H3. The maximum absolute atomic E-state index is 10.9. The molecule has 0 atom stereocenters. The Hall–Kier alpha value is -0.570. The molecule has 0 aromatic carbocycles. The first-order valence-electron chi connectivity index (χ1n) is 5.18. The zero-order valence-electron chi connectivity index (χ0n) is 9.47. The van der Waals surface area contributed by atoms with Gasteiger partial charge in [0.1, 0.15) is 0 Å². The summed E-state index contributed by atoms with van der Waals surface area (Å²) in [7, 11) is 0. The van der Waals surface area contributed by atoms with E-state index in [-0.39, 0.29) is 5.91 Å². The van der Waals surface area contributed by atoms with Crippen LogP contribution in [0.25, 0.3) is 0 Å². The van der Waals surface area contributed by atoms with Crippen LogP contribution in [0.5, 0.6) is 0 Å². The van der Waals surface area contributed by atoms with E-state index in [0.717, 1.165) is 19.4 Å². The van der Waals surface area contributed by atoms with E-state index >= 15 is 0 Å². The van der Waals surface area contributed by atoms with Gasteiger partial charge in [-0.3, -0.25) is 4.79 Å². The first-order chi connectivity index (χ1) is 6.22. The molecule has 0 aromatic rings. The predicted octanol–water partition coefficient (Wildman–Crippen LogP) is 1.62. The fourth-order valence-corrected chi connectivity index (χ4v) is 0.932. The van der Waals surface area contributed by atoms with Crippen LogP contribution in [-0.4, -0.2) is 30.4 Å². The summed E-state index contributed by atoms with van der Waals surface area (Å²) in [5, 5.41) is 0. The highest BCUT2D eigenvalue weighted by Crippen LogP contribution is 1.94. The number of carbonyl (C=O) groups excluding carboxylic acids is 1. The molecule has 0 aromatic heterocycles. The van der Waals surface area contributed by atoms with E-state index in [1.165, 1.54) is 0 Å². The molecule has 3 heteroatoms. The minimum absolute atomic E-state index is 0.129. The maximum atomic E-state index is 10.9. The third-order valence-electron chi connectivity index (χ3n) is 1.63. The van der Waals surface area contributed by atoms with Crippen LogP contribution in [0, 0.1) is 0 Å². The Kier molecular flexibility index (Phi) is 13.1. The van der Waals surface area contributed by atoms with Crippen LogP contribution >= 0.6 is 0 Å². The molecule has 3 nitrogen and oxygen atoms in total. The summed E-state index contributed by atoms with van der Waals surface area (Å²) < 4.78 is 0. The van der Waals surface area contributed by atoms with E-state index in [9.17, 15) is 4.79 Å². The van der Waals surface area contributed by atoms with Crippen LogP contribution in [0.4, 0.5) is 0 Å². The molecule has 0 bridgehead atoms. The number of nitrogens with two attached hydrogens (primary N) is 1. The first-order valence-corrected chi connectivity index (χ1v) is 5.18. The number of unbranched alkanes of at least 4 members (excludes halogenated alkanes) is 1. The molecule has 0 aliphatic rings. The highest BCUT2D eigenvalue weighted by atomic mass is 16.2. The molecule has 1 amide bonds. The van der Waals surface area contributed by atoms with Gasteiger partial charge in [0, 0.05) is 26.6 Å². The lowest BCUT2D eigenvalue weighted by atomic mass is 10.3. The molecule has 0 radical (unpaired) electrons. The highest BCUT2D eigenvalue weighted by Gasteiger charge is 2.04. The van der Waals surface area contributed by atoms with Gasteiger partial charge >= 0.3 is 0 Å². The molecule has 0 unspecified atom stereocenters. The normalized spacial score (nSPS) is 8.69. The van der Waals surface area contributed by atoms with Crippen LogP contribution < -0.4 is 5.73 Å². The van der Waals surface area contributed by atoms with E-state index in [1.54, 1.807) is 11.8 Å². The zero-order chi connectivity index (χ0) is 10.7. The monoisotopic (exact) mass is 188 g/mol. The molecular weight excluding hydrogens is 164 g/mol. The summed E-state index contributed by atoms with van der Waals surface area (Å²) in [5.74, 6) is 0.129. The summed E-state index contributed by atoms with van der Waals surface area (Å²) in [6.45, 7) is 9.80. The van der Waals surface area contributed by atoms with Crippen LogP contribution in [-0.2, 0) is 4.79 Å². The molecular formula is C10H24N2O. The third kappa shape index (κ3) is 9.34. The fraction of sp³-hybridized carbons (Fsp3) is 0.900. The molecule has 0 heterocycles. The molecule has 0 spiro atoms. The van der Waals surface area contributed by atoms with Crippen molar-refractivity contribution in [1.82, 2.24) is 4.90 Å². The number of hydrogen-bond donors (Lipinski definition) is 1. The van der Waals surface area contributed by atoms with Crippen molar-refractivity contribution in [2.75, 3.05) is 19.6 Å². The summed E-state index contributed by atoms with van der Waals surface area (Å²) in [6.07, 6.45) is 2.19. The van der Waals surface area contributed by atoms with Gasteiger partial charge in [-0.1, -0.05) is 27.2 Å². The van der Waals surface area contributed by atoms with E-state index in [2.05, 4.69) is 6.92 Å². The lowest BCUT2D eigenvalue weighted by molar-refractivity contribution is -0.128. The molecule has 0 fully saturated rings. The lowest BCUT2D eigenvalue weighted by Crippen LogP contribution is -2.34. The average molecular weight is 188 g/mol. The van der Waals surface area contributed by atoms with E-state index in [4.69, 9.17) is 5.73 Å². The van der Waals surface area contributed by atoms with Crippen LogP contribution in [0.3, 0.4) is 0 Å². The number of carbonyl (C=O) groups is 1. The average Bonchev–Trinajstić information content (AvgIpc) is 2.15. The van der Waals surface area contributed by atoms with E-state index in [0.29, 0.717) is 13.1 Å². The summed E-state index contributed by atoms with van der Waals surface area (Å²) in [6, 6.07) is 0. The predicted molar refractivity (Wildman–Crippen MR) is 57.6 cm³/mol. The summed E-state index contributed by atoms with van der Waals surface area (Å²) >= 11 is 0. The summed E-state index contributed by atoms with van der Waals surface area (Å²) in [5.41, 5.74) is 5.35. The van der Waals surface area contributed by atoms with Gasteiger partial charge in [0.25, 0.3) is 0 Å². The van der Waals surface area contributed by atoms with Gasteiger partial charge in [-0.2, -0.15) is 0 Å². The first kappa shape index (κ1) is 14.9. The molecule has 0 saturated heterocycles. The lowest BCUT2D eigenvalue weighted by Gasteiger charge is -2.19. The quantitative estimate of drug-likeness (QED) is 0.712. The van der Waals surface area contributed by atoms with Gasteiger partial charge in [0.15, 0.2) is 0 Å². The van der Waals surface area contributed by atoms with Gasteiger partial charge in [0.2, 0.25) is 5.91 Å². The maximum Gasteiger partial charge on any atom is 0.219 e. The van der Waals surface area contributed by atoms with Crippen molar-refractivity contribution in [3.63, 3.8) is 0 Å². The summed E-state index contributed by atoms with van der Waals surface area (Å²) in [4.78, 5) is 12.7. The van der Waals surface area contributed by atoms with Gasteiger partial charge in [-0.05, 0) is 6.42 Å².